The molecule has 0 radical (unpaired) electrons. The first kappa shape index (κ1) is 14.0. The Hall–Kier alpha value is -0.410. The first-order valence-electron chi connectivity index (χ1n) is 7.21. The van der Waals surface area contributed by atoms with E-state index in [0.29, 0.717) is 11.8 Å². The highest BCUT2D eigenvalue weighted by atomic mass is 16.5. The highest BCUT2D eigenvalue weighted by molar-refractivity contribution is 5.85. The van der Waals surface area contributed by atoms with E-state index < -0.39 is 0 Å². The van der Waals surface area contributed by atoms with Crippen LogP contribution >= 0.6 is 0 Å². The minimum absolute atomic E-state index is 0.0480. The van der Waals surface area contributed by atoms with Gasteiger partial charge in [-0.1, -0.05) is 0 Å². The van der Waals surface area contributed by atoms with Crippen molar-refractivity contribution in [3.63, 3.8) is 0 Å². The summed E-state index contributed by atoms with van der Waals surface area (Å²) in [7, 11) is 0. The van der Waals surface area contributed by atoms with Crippen LogP contribution in [0.3, 0.4) is 0 Å². The van der Waals surface area contributed by atoms with E-state index in [1.165, 1.54) is 0 Å². The third-order valence-electron chi connectivity index (χ3n) is 4.59. The molecule has 2 fully saturated rings. The molecule has 1 heterocycles. The lowest BCUT2D eigenvalue weighted by atomic mass is 9.74. The van der Waals surface area contributed by atoms with E-state index in [2.05, 4.69) is 27.7 Å². The highest BCUT2D eigenvalue weighted by Gasteiger charge is 2.50. The quantitative estimate of drug-likeness (QED) is 0.823. The normalized spacial score (nSPS) is 38.6. The third kappa shape index (κ3) is 2.77. The molecule has 2 N–H and O–H groups in total. The molecule has 1 saturated carbocycles. The summed E-state index contributed by atoms with van der Waals surface area (Å²) in [5.41, 5.74) is 5.42. The molecule has 2 aliphatic rings. The van der Waals surface area contributed by atoms with Gasteiger partial charge in [0, 0.05) is 17.9 Å². The molecule has 1 atom stereocenters. The van der Waals surface area contributed by atoms with Crippen LogP contribution in [0.25, 0.3) is 0 Å². The molecule has 0 aromatic heterocycles. The molecule has 104 valence electrons. The van der Waals surface area contributed by atoms with Gasteiger partial charge in [-0.25, -0.2) is 0 Å². The molecule has 0 amide bonds. The van der Waals surface area contributed by atoms with Crippen molar-refractivity contribution in [2.45, 2.75) is 77.0 Å². The van der Waals surface area contributed by atoms with Crippen LogP contribution in [0.4, 0.5) is 0 Å². The van der Waals surface area contributed by atoms with Crippen LogP contribution in [-0.2, 0) is 9.53 Å². The van der Waals surface area contributed by atoms with Crippen LogP contribution in [0.5, 0.6) is 0 Å². The maximum atomic E-state index is 12.7. The smallest absolute Gasteiger partial charge is 0.142 e. The zero-order valence-corrected chi connectivity index (χ0v) is 12.2. The number of ether oxygens (including phenoxy) is 1. The molecule has 3 heteroatoms. The largest absolute Gasteiger partial charge is 0.369 e. The Morgan fingerprint density at radius 1 is 1.11 bits per heavy atom. The Morgan fingerprint density at radius 3 is 2.11 bits per heavy atom. The molecule has 18 heavy (non-hydrogen) atoms. The first-order chi connectivity index (χ1) is 8.21. The van der Waals surface area contributed by atoms with Gasteiger partial charge in [0.25, 0.3) is 0 Å². The van der Waals surface area contributed by atoms with Gasteiger partial charge in [0.1, 0.15) is 5.78 Å². The molecule has 0 bridgehead atoms. The van der Waals surface area contributed by atoms with E-state index >= 15 is 0 Å². The number of hydrogen-bond donors (Lipinski definition) is 1. The van der Waals surface area contributed by atoms with Crippen molar-refractivity contribution in [3.05, 3.63) is 0 Å². The number of nitrogens with two attached hydrogens (primary N) is 1. The second-order valence-corrected chi connectivity index (χ2v) is 7.24. The Balaban J connectivity index is 2.05. The molecular formula is C15H27NO2. The van der Waals surface area contributed by atoms with E-state index in [1.54, 1.807) is 0 Å². The van der Waals surface area contributed by atoms with Crippen molar-refractivity contribution in [1.82, 2.24) is 0 Å². The molecule has 1 aliphatic heterocycles. The van der Waals surface area contributed by atoms with Gasteiger partial charge in [-0.3, -0.25) is 4.79 Å². The summed E-state index contributed by atoms with van der Waals surface area (Å²) in [5, 5.41) is 0. The van der Waals surface area contributed by atoms with Crippen LogP contribution in [0.1, 0.15) is 59.8 Å². The van der Waals surface area contributed by atoms with Crippen LogP contribution in [0, 0.1) is 11.8 Å². The number of hydrogen-bond acceptors (Lipinski definition) is 3. The zero-order chi connectivity index (χ0) is 13.6. The van der Waals surface area contributed by atoms with E-state index in [0.717, 1.165) is 32.1 Å². The fourth-order valence-electron chi connectivity index (χ4n) is 3.69. The Labute approximate surface area is 110 Å². The predicted molar refractivity (Wildman–Crippen MR) is 72.3 cm³/mol. The lowest BCUT2D eigenvalue weighted by molar-refractivity contribution is -0.134. The maximum Gasteiger partial charge on any atom is 0.142 e. The second kappa shape index (κ2) is 4.61. The number of ketones is 1. The fraction of sp³-hybridized carbons (Fsp3) is 0.933. The lowest BCUT2D eigenvalue weighted by Crippen LogP contribution is -2.39. The summed E-state index contributed by atoms with van der Waals surface area (Å²) in [5.74, 6) is 0.677. The van der Waals surface area contributed by atoms with E-state index in [1.807, 2.05) is 0 Å². The van der Waals surface area contributed by atoms with Gasteiger partial charge >= 0.3 is 0 Å². The predicted octanol–water partition coefficient (Wildman–Crippen LogP) is 2.67. The third-order valence-corrected chi connectivity index (χ3v) is 4.59. The van der Waals surface area contributed by atoms with Crippen molar-refractivity contribution in [1.29, 1.82) is 0 Å². The molecule has 0 aromatic rings. The maximum absolute atomic E-state index is 12.7. The summed E-state index contributed by atoms with van der Waals surface area (Å²) in [6, 6.07) is 0.304. The Bertz CT molecular complexity index is 327. The summed E-state index contributed by atoms with van der Waals surface area (Å²) in [4.78, 5) is 12.7. The summed E-state index contributed by atoms with van der Waals surface area (Å²) < 4.78 is 6.04. The topological polar surface area (TPSA) is 52.3 Å². The van der Waals surface area contributed by atoms with Gasteiger partial charge in [0.15, 0.2) is 0 Å². The summed E-state index contributed by atoms with van der Waals surface area (Å²) in [6.45, 7) is 8.27. The molecule has 1 aliphatic carbocycles. The van der Waals surface area contributed by atoms with E-state index in [9.17, 15) is 4.79 Å². The van der Waals surface area contributed by atoms with Gasteiger partial charge in [0.2, 0.25) is 0 Å². The second-order valence-electron chi connectivity index (χ2n) is 7.24. The number of carbonyl (C=O) groups excluding carboxylic acids is 1. The Morgan fingerprint density at radius 2 is 1.67 bits per heavy atom. The van der Waals surface area contributed by atoms with Crippen LogP contribution in [0.2, 0.25) is 0 Å². The SMILES string of the molecule is CC1(C)CC(C(=O)C2CCC(N)CC2)C(C)(C)O1. The van der Waals surface area contributed by atoms with E-state index in [-0.39, 0.29) is 23.0 Å². The Kier molecular flexibility index (Phi) is 3.58. The standard InChI is InChI=1S/C15H27NO2/c1-14(2)9-12(15(3,4)18-14)13(17)10-5-7-11(16)8-6-10/h10-12H,5-9,16H2,1-4H3. The molecule has 1 saturated heterocycles. The molecule has 0 spiro atoms. The van der Waals surface area contributed by atoms with Gasteiger partial charge in [0.05, 0.1) is 11.2 Å². The van der Waals surface area contributed by atoms with Crippen LogP contribution in [-0.4, -0.2) is 23.0 Å². The van der Waals surface area contributed by atoms with Crippen molar-refractivity contribution in [2.75, 3.05) is 0 Å². The van der Waals surface area contributed by atoms with Gasteiger partial charge in [-0.05, 0) is 59.8 Å². The van der Waals surface area contributed by atoms with Gasteiger partial charge in [-0.15, -0.1) is 0 Å². The van der Waals surface area contributed by atoms with Crippen molar-refractivity contribution in [2.24, 2.45) is 17.6 Å². The molecule has 0 aromatic carbocycles. The molecular weight excluding hydrogens is 226 g/mol. The number of carbonyl (C=O) groups is 1. The minimum Gasteiger partial charge on any atom is -0.369 e. The number of Topliss-reactive ketones (excluding diaryl/α,β-unsaturated/α-hetero) is 1. The average molecular weight is 253 g/mol. The fourth-order valence-corrected chi connectivity index (χ4v) is 3.69. The van der Waals surface area contributed by atoms with Crippen molar-refractivity contribution >= 4 is 5.78 Å². The zero-order valence-electron chi connectivity index (χ0n) is 12.2. The van der Waals surface area contributed by atoms with Crippen molar-refractivity contribution in [3.8, 4) is 0 Å². The molecule has 2 rings (SSSR count). The number of rotatable bonds is 2. The summed E-state index contributed by atoms with van der Waals surface area (Å²) in [6.07, 6.45) is 4.77. The van der Waals surface area contributed by atoms with Crippen LogP contribution < -0.4 is 5.73 Å². The first-order valence-corrected chi connectivity index (χ1v) is 7.21. The van der Waals surface area contributed by atoms with Gasteiger partial charge < -0.3 is 10.5 Å². The summed E-state index contributed by atoms with van der Waals surface area (Å²) >= 11 is 0. The minimum atomic E-state index is -0.319. The lowest BCUT2D eigenvalue weighted by Gasteiger charge is -2.31. The molecule has 3 nitrogen and oxygen atoms in total. The monoisotopic (exact) mass is 253 g/mol. The van der Waals surface area contributed by atoms with Crippen molar-refractivity contribution < 1.29 is 9.53 Å². The van der Waals surface area contributed by atoms with Crippen LogP contribution in [0.15, 0.2) is 0 Å². The van der Waals surface area contributed by atoms with E-state index in [4.69, 9.17) is 10.5 Å². The highest BCUT2D eigenvalue weighted by Crippen LogP contribution is 2.44. The average Bonchev–Trinajstić information content (AvgIpc) is 2.47. The van der Waals surface area contributed by atoms with Gasteiger partial charge in [-0.2, -0.15) is 0 Å². The molecule has 1 unspecified atom stereocenters.